The van der Waals surface area contributed by atoms with Gasteiger partial charge in [0.2, 0.25) is 0 Å². The summed E-state index contributed by atoms with van der Waals surface area (Å²) in [4.78, 5) is 4.71. The van der Waals surface area contributed by atoms with E-state index >= 15 is 0 Å². The lowest BCUT2D eigenvalue weighted by atomic mass is 9.99. The first-order valence-corrected chi connectivity index (χ1v) is 12.3. The second kappa shape index (κ2) is 11.0. The average Bonchev–Trinajstić information content (AvgIpc) is 3.35. The van der Waals surface area contributed by atoms with E-state index in [2.05, 4.69) is 28.8 Å². The zero-order chi connectivity index (χ0) is 25.6. The number of ether oxygens (including phenoxy) is 1. The molecule has 2 aromatic heterocycles. The fourth-order valence-electron chi connectivity index (χ4n) is 4.59. The Labute approximate surface area is 220 Å². The number of halogens is 1. The molecule has 1 atom stereocenters. The van der Waals surface area contributed by atoms with Crippen LogP contribution in [0.5, 0.6) is 5.75 Å². The van der Waals surface area contributed by atoms with Gasteiger partial charge in [0.15, 0.2) is 6.61 Å². The number of hydrogen-bond acceptors (Lipinski definition) is 4. The number of rotatable bonds is 8. The lowest BCUT2D eigenvalue weighted by molar-refractivity contribution is 0.369. The molecule has 5 nitrogen and oxygen atoms in total. The molecule has 0 fully saturated rings. The summed E-state index contributed by atoms with van der Waals surface area (Å²) in [6.07, 6.45) is 7.11. The van der Waals surface area contributed by atoms with Crippen LogP contribution in [0.15, 0.2) is 85.1 Å². The van der Waals surface area contributed by atoms with E-state index in [4.69, 9.17) is 26.6 Å². The Bertz CT molecular complexity index is 1690. The Morgan fingerprint density at radius 2 is 1.78 bits per heavy atom. The molecule has 5 aromatic rings. The van der Waals surface area contributed by atoms with Gasteiger partial charge in [-0.3, -0.25) is 0 Å². The van der Waals surface area contributed by atoms with Gasteiger partial charge in [-0.25, -0.2) is 4.98 Å². The highest BCUT2D eigenvalue weighted by molar-refractivity contribution is 6.31. The highest BCUT2D eigenvalue weighted by atomic mass is 35.5. The maximum absolute atomic E-state index is 9.35. The monoisotopic (exact) mass is 502 g/mol. The van der Waals surface area contributed by atoms with Crippen LogP contribution >= 0.6 is 11.6 Å². The Morgan fingerprint density at radius 1 is 0.919 bits per heavy atom. The van der Waals surface area contributed by atoms with E-state index in [0.29, 0.717) is 23.6 Å². The van der Waals surface area contributed by atoms with E-state index < -0.39 is 0 Å². The standard InChI is InChI=1S/C31H23ClN4O/c32-26-12-10-23-11-14-27(35-28(23)21-26)13-9-22-4-1-6-25(20-22)29(7-3-16-33)36-18-15-24-5-2-8-30(31(24)36)37-19-17-34/h1-2,4-6,8-15,18,20-21,29H,3,7,19H2. The van der Waals surface area contributed by atoms with Crippen LogP contribution in [0.3, 0.4) is 0 Å². The second-order valence-electron chi connectivity index (χ2n) is 8.65. The van der Waals surface area contributed by atoms with E-state index in [1.807, 2.05) is 85.1 Å². The van der Waals surface area contributed by atoms with Gasteiger partial charge in [-0.05, 0) is 60.0 Å². The summed E-state index contributed by atoms with van der Waals surface area (Å²) in [6.45, 7) is -0.0253. The first kappa shape index (κ1) is 24.1. The fraction of sp³-hybridized carbons (Fsp3) is 0.129. The number of nitriles is 2. The highest BCUT2D eigenvalue weighted by Crippen LogP contribution is 2.34. The highest BCUT2D eigenvalue weighted by Gasteiger charge is 2.18. The maximum atomic E-state index is 9.35. The number of aromatic nitrogens is 2. The summed E-state index contributed by atoms with van der Waals surface area (Å²) in [5.41, 5.74) is 4.74. The molecule has 1 unspecified atom stereocenters. The molecule has 37 heavy (non-hydrogen) atoms. The van der Waals surface area contributed by atoms with Gasteiger partial charge in [-0.1, -0.05) is 60.1 Å². The molecule has 0 aliphatic heterocycles. The normalized spacial score (nSPS) is 12.0. The lowest BCUT2D eigenvalue weighted by Crippen LogP contribution is -2.10. The number of para-hydroxylation sites is 1. The van der Waals surface area contributed by atoms with E-state index in [1.165, 1.54) is 0 Å². The number of benzene rings is 3. The van der Waals surface area contributed by atoms with Crippen molar-refractivity contribution in [3.8, 4) is 17.9 Å². The summed E-state index contributed by atoms with van der Waals surface area (Å²) in [5, 5.41) is 21.1. The van der Waals surface area contributed by atoms with Crippen LogP contribution in [0.4, 0.5) is 0 Å². The number of pyridine rings is 1. The molecule has 0 spiro atoms. The SMILES string of the molecule is N#CCCC(c1cccc(C=Cc2ccc3ccc(Cl)cc3n2)c1)n1ccc2cccc(OCC#N)c21. The van der Waals surface area contributed by atoms with Crippen LogP contribution in [0, 0.1) is 22.7 Å². The molecule has 5 rings (SSSR count). The van der Waals surface area contributed by atoms with Gasteiger partial charge in [0.1, 0.15) is 11.8 Å². The third-order valence-electron chi connectivity index (χ3n) is 6.28. The smallest absolute Gasteiger partial charge is 0.174 e. The Hall–Kier alpha value is -4.58. The summed E-state index contributed by atoms with van der Waals surface area (Å²) < 4.78 is 7.88. The van der Waals surface area contributed by atoms with Crippen molar-refractivity contribution in [2.24, 2.45) is 0 Å². The summed E-state index contributed by atoms with van der Waals surface area (Å²) in [7, 11) is 0. The number of fused-ring (bicyclic) bond motifs is 2. The molecule has 0 N–H and O–H groups in total. The summed E-state index contributed by atoms with van der Waals surface area (Å²) >= 11 is 6.14. The molecule has 180 valence electrons. The van der Waals surface area contributed by atoms with Gasteiger partial charge in [-0.15, -0.1) is 0 Å². The van der Waals surface area contributed by atoms with Crippen molar-refractivity contribution in [3.63, 3.8) is 0 Å². The van der Waals surface area contributed by atoms with Crippen molar-refractivity contribution in [1.82, 2.24) is 9.55 Å². The predicted molar refractivity (Wildman–Crippen MR) is 148 cm³/mol. The van der Waals surface area contributed by atoms with Crippen molar-refractivity contribution in [2.45, 2.75) is 18.9 Å². The summed E-state index contributed by atoms with van der Waals surface area (Å²) in [6, 6.07) is 30.1. The van der Waals surface area contributed by atoms with Crippen molar-refractivity contribution < 1.29 is 4.74 Å². The van der Waals surface area contributed by atoms with Crippen LogP contribution in [-0.4, -0.2) is 16.2 Å². The molecule has 2 heterocycles. The molecule has 0 saturated carbocycles. The second-order valence-corrected chi connectivity index (χ2v) is 9.09. The zero-order valence-corrected chi connectivity index (χ0v) is 20.8. The first-order chi connectivity index (χ1) is 18.2. The minimum atomic E-state index is -0.0710. The van der Waals surface area contributed by atoms with Crippen molar-refractivity contribution in [2.75, 3.05) is 6.61 Å². The van der Waals surface area contributed by atoms with Gasteiger partial charge in [0.05, 0.1) is 28.8 Å². The van der Waals surface area contributed by atoms with Gasteiger partial charge >= 0.3 is 0 Å². The van der Waals surface area contributed by atoms with E-state index in [1.54, 1.807) is 0 Å². The zero-order valence-electron chi connectivity index (χ0n) is 20.0. The number of nitrogens with zero attached hydrogens (tertiary/aromatic N) is 4. The van der Waals surface area contributed by atoms with Crippen LogP contribution in [-0.2, 0) is 0 Å². The summed E-state index contributed by atoms with van der Waals surface area (Å²) in [5.74, 6) is 0.657. The van der Waals surface area contributed by atoms with Crippen LogP contribution in [0.2, 0.25) is 5.02 Å². The Kier molecular flexibility index (Phi) is 7.17. The maximum Gasteiger partial charge on any atom is 0.174 e. The van der Waals surface area contributed by atoms with Gasteiger partial charge < -0.3 is 9.30 Å². The van der Waals surface area contributed by atoms with Gasteiger partial charge in [-0.2, -0.15) is 10.5 Å². The molecular formula is C31H23ClN4O. The topological polar surface area (TPSA) is 74.6 Å². The van der Waals surface area contributed by atoms with Gasteiger partial charge in [0.25, 0.3) is 0 Å². The van der Waals surface area contributed by atoms with Crippen molar-refractivity contribution in [1.29, 1.82) is 10.5 Å². The largest absolute Gasteiger partial charge is 0.477 e. The van der Waals surface area contributed by atoms with Crippen molar-refractivity contribution >= 4 is 45.6 Å². The van der Waals surface area contributed by atoms with Gasteiger partial charge in [0, 0.05) is 28.4 Å². The third kappa shape index (κ3) is 5.33. The molecule has 6 heteroatoms. The van der Waals surface area contributed by atoms with E-state index in [-0.39, 0.29) is 12.6 Å². The first-order valence-electron chi connectivity index (χ1n) is 12.0. The van der Waals surface area contributed by atoms with E-state index in [0.717, 1.165) is 38.6 Å². The van der Waals surface area contributed by atoms with E-state index in [9.17, 15) is 5.26 Å². The Balaban J connectivity index is 1.50. The molecule has 0 aliphatic carbocycles. The molecule has 0 amide bonds. The molecule has 0 bridgehead atoms. The number of hydrogen-bond donors (Lipinski definition) is 0. The Morgan fingerprint density at radius 3 is 2.65 bits per heavy atom. The molecule has 3 aromatic carbocycles. The predicted octanol–water partition coefficient (Wildman–Crippen LogP) is 7.81. The molecule has 0 aliphatic rings. The lowest BCUT2D eigenvalue weighted by Gasteiger charge is -2.21. The quantitative estimate of drug-likeness (QED) is 0.217. The fourth-order valence-corrected chi connectivity index (χ4v) is 4.76. The molecule has 0 saturated heterocycles. The molecular weight excluding hydrogens is 480 g/mol. The van der Waals surface area contributed by atoms with Crippen LogP contribution < -0.4 is 4.74 Å². The minimum absolute atomic E-state index is 0.0253. The third-order valence-corrected chi connectivity index (χ3v) is 6.51. The average molecular weight is 503 g/mol. The molecule has 0 radical (unpaired) electrons. The van der Waals surface area contributed by atoms with Crippen molar-refractivity contribution in [3.05, 3.63) is 107 Å². The van der Waals surface area contributed by atoms with Crippen LogP contribution in [0.1, 0.15) is 35.7 Å². The van der Waals surface area contributed by atoms with Crippen LogP contribution in [0.25, 0.3) is 34.0 Å². The minimum Gasteiger partial charge on any atom is -0.477 e.